The topological polar surface area (TPSA) is 46.5 Å². The minimum Gasteiger partial charge on any atom is -0.481 e. The third-order valence-electron chi connectivity index (χ3n) is 7.17. The first-order chi connectivity index (χ1) is 10.8. The molecular formula is C20H30O3. The van der Waals surface area contributed by atoms with Crippen LogP contribution in [0.25, 0.3) is 0 Å². The summed E-state index contributed by atoms with van der Waals surface area (Å²) in [4.78, 5) is 12.0. The van der Waals surface area contributed by atoms with Crippen LogP contribution < -0.4 is 0 Å². The van der Waals surface area contributed by atoms with Crippen LogP contribution in [-0.4, -0.2) is 23.8 Å². The van der Waals surface area contributed by atoms with E-state index in [2.05, 4.69) is 26.5 Å². The van der Waals surface area contributed by atoms with Crippen LogP contribution in [0.15, 0.2) is 23.8 Å². The van der Waals surface area contributed by atoms with Crippen molar-refractivity contribution in [3.63, 3.8) is 0 Å². The average Bonchev–Trinajstić information content (AvgIpc) is 2.88. The van der Waals surface area contributed by atoms with E-state index in [0.29, 0.717) is 12.5 Å². The van der Waals surface area contributed by atoms with Crippen LogP contribution in [0.3, 0.4) is 0 Å². The lowest BCUT2D eigenvalue weighted by atomic mass is 9.46. The standard InChI is InChI=1S/C20H30O3/c1-13-6-7-17-19(3,9-5-10-20(17,4)18(21)22)15(13)12-16-14(2)8-11-23-16/h8,15-17H,1,5-7,9-12H2,2-4H3,(H,21,22)/t15-,16+,17+,19+,20-/m0/s1. The highest BCUT2D eigenvalue weighted by molar-refractivity contribution is 5.75. The van der Waals surface area contributed by atoms with Gasteiger partial charge in [0.15, 0.2) is 0 Å². The third-order valence-corrected chi connectivity index (χ3v) is 7.17. The fraction of sp³-hybridized carbons (Fsp3) is 0.750. The molecule has 0 radical (unpaired) electrons. The molecule has 1 heterocycles. The second kappa shape index (κ2) is 5.77. The van der Waals surface area contributed by atoms with E-state index in [9.17, 15) is 9.90 Å². The van der Waals surface area contributed by atoms with Gasteiger partial charge in [-0.1, -0.05) is 31.6 Å². The highest BCUT2D eigenvalue weighted by atomic mass is 16.5. The van der Waals surface area contributed by atoms with Gasteiger partial charge in [-0.15, -0.1) is 0 Å². The van der Waals surface area contributed by atoms with E-state index < -0.39 is 11.4 Å². The van der Waals surface area contributed by atoms with Crippen LogP contribution in [0, 0.1) is 22.7 Å². The van der Waals surface area contributed by atoms with Crippen molar-refractivity contribution < 1.29 is 14.6 Å². The number of carboxylic acids is 1. The molecule has 3 nitrogen and oxygen atoms in total. The molecule has 0 spiro atoms. The fourth-order valence-electron chi connectivity index (χ4n) is 5.67. The Bertz CT molecular complexity index is 549. The summed E-state index contributed by atoms with van der Waals surface area (Å²) in [6.45, 7) is 11.5. The van der Waals surface area contributed by atoms with Gasteiger partial charge in [-0.2, -0.15) is 0 Å². The van der Waals surface area contributed by atoms with Crippen molar-refractivity contribution in [2.24, 2.45) is 22.7 Å². The van der Waals surface area contributed by atoms with Gasteiger partial charge in [0.25, 0.3) is 0 Å². The van der Waals surface area contributed by atoms with E-state index in [-0.39, 0.29) is 17.4 Å². The maximum Gasteiger partial charge on any atom is 0.309 e. The third kappa shape index (κ3) is 2.57. The van der Waals surface area contributed by atoms with Crippen molar-refractivity contribution >= 4 is 5.97 Å². The van der Waals surface area contributed by atoms with Crippen LogP contribution in [0.4, 0.5) is 0 Å². The minimum absolute atomic E-state index is 0.0347. The summed E-state index contributed by atoms with van der Waals surface area (Å²) in [5.74, 6) is -0.0120. The number of rotatable bonds is 3. The van der Waals surface area contributed by atoms with E-state index in [1.807, 2.05) is 6.92 Å². The Balaban J connectivity index is 1.91. The smallest absolute Gasteiger partial charge is 0.309 e. The number of fused-ring (bicyclic) bond motifs is 1. The zero-order valence-corrected chi connectivity index (χ0v) is 14.7. The Labute approximate surface area is 139 Å². The molecular weight excluding hydrogens is 288 g/mol. The first kappa shape index (κ1) is 16.8. The summed E-state index contributed by atoms with van der Waals surface area (Å²) < 4.78 is 5.89. The van der Waals surface area contributed by atoms with Gasteiger partial charge in [0, 0.05) is 0 Å². The van der Waals surface area contributed by atoms with Crippen molar-refractivity contribution in [2.75, 3.05) is 6.61 Å². The lowest BCUT2D eigenvalue weighted by molar-refractivity contribution is -0.164. The molecule has 3 aliphatic rings. The van der Waals surface area contributed by atoms with Crippen LogP contribution in [0.1, 0.15) is 59.3 Å². The molecule has 1 aliphatic heterocycles. The molecule has 128 valence electrons. The van der Waals surface area contributed by atoms with Crippen LogP contribution >= 0.6 is 0 Å². The highest BCUT2D eigenvalue weighted by Crippen LogP contribution is 2.62. The molecule has 0 saturated heterocycles. The second-order valence-electron chi connectivity index (χ2n) is 8.39. The SMILES string of the molecule is C=C1CC[C@@H]2[C@](C)(CCC[C@]2(C)C(=O)O)[C@H]1C[C@H]1OCC=C1C. The molecule has 2 fully saturated rings. The minimum atomic E-state index is -0.618. The zero-order valence-electron chi connectivity index (χ0n) is 14.7. The van der Waals surface area contributed by atoms with Crippen molar-refractivity contribution in [1.82, 2.24) is 0 Å². The first-order valence-electron chi connectivity index (χ1n) is 8.98. The number of carboxylic acid groups (broad SMARTS) is 1. The predicted molar refractivity (Wildman–Crippen MR) is 91.2 cm³/mol. The van der Waals surface area contributed by atoms with Gasteiger partial charge in [0.05, 0.1) is 18.1 Å². The van der Waals surface area contributed by atoms with Crippen molar-refractivity contribution in [1.29, 1.82) is 0 Å². The summed E-state index contributed by atoms with van der Waals surface area (Å²) >= 11 is 0. The van der Waals surface area contributed by atoms with E-state index in [1.165, 1.54) is 11.1 Å². The van der Waals surface area contributed by atoms with Crippen LogP contribution in [-0.2, 0) is 9.53 Å². The van der Waals surface area contributed by atoms with E-state index in [1.54, 1.807) is 0 Å². The highest BCUT2D eigenvalue weighted by Gasteiger charge is 2.57. The maximum atomic E-state index is 12.0. The van der Waals surface area contributed by atoms with Gasteiger partial charge in [-0.05, 0) is 68.8 Å². The predicted octanol–water partition coefficient (Wildman–Crippen LogP) is 4.59. The molecule has 23 heavy (non-hydrogen) atoms. The average molecular weight is 318 g/mol. The molecule has 2 aliphatic carbocycles. The molecule has 0 aromatic carbocycles. The second-order valence-corrected chi connectivity index (χ2v) is 8.39. The molecule has 0 aromatic rings. The number of hydrogen-bond donors (Lipinski definition) is 1. The molecule has 2 saturated carbocycles. The molecule has 0 aromatic heterocycles. The van der Waals surface area contributed by atoms with Gasteiger partial charge in [0.1, 0.15) is 0 Å². The molecule has 3 rings (SSSR count). The Kier molecular flexibility index (Phi) is 4.20. The van der Waals surface area contributed by atoms with E-state index in [0.717, 1.165) is 38.5 Å². The lowest BCUT2D eigenvalue weighted by Crippen LogP contribution is -2.53. The number of allylic oxidation sites excluding steroid dienone is 1. The lowest BCUT2D eigenvalue weighted by Gasteiger charge is -2.57. The monoisotopic (exact) mass is 318 g/mol. The summed E-state index contributed by atoms with van der Waals surface area (Å²) in [6.07, 6.45) is 8.16. The van der Waals surface area contributed by atoms with Gasteiger partial charge in [-0.3, -0.25) is 4.79 Å². The Hall–Kier alpha value is -1.09. The summed E-state index contributed by atoms with van der Waals surface area (Å²) in [5.41, 5.74) is 2.07. The van der Waals surface area contributed by atoms with Crippen molar-refractivity contribution in [3.05, 3.63) is 23.8 Å². The summed E-state index contributed by atoms with van der Waals surface area (Å²) in [6, 6.07) is 0. The van der Waals surface area contributed by atoms with E-state index >= 15 is 0 Å². The fourth-order valence-corrected chi connectivity index (χ4v) is 5.67. The Morgan fingerprint density at radius 3 is 2.78 bits per heavy atom. The molecule has 0 unspecified atom stereocenters. The van der Waals surface area contributed by atoms with Crippen LogP contribution in [0.2, 0.25) is 0 Å². The molecule has 0 bridgehead atoms. The van der Waals surface area contributed by atoms with Gasteiger partial charge < -0.3 is 9.84 Å². The molecule has 0 amide bonds. The van der Waals surface area contributed by atoms with Crippen molar-refractivity contribution in [2.45, 2.75) is 65.4 Å². The maximum absolute atomic E-state index is 12.0. The largest absolute Gasteiger partial charge is 0.481 e. The number of aliphatic carboxylic acids is 1. The van der Waals surface area contributed by atoms with Gasteiger partial charge >= 0.3 is 5.97 Å². The van der Waals surface area contributed by atoms with Crippen LogP contribution in [0.5, 0.6) is 0 Å². The number of carbonyl (C=O) groups is 1. The zero-order chi connectivity index (χ0) is 16.8. The van der Waals surface area contributed by atoms with Gasteiger partial charge in [-0.25, -0.2) is 0 Å². The van der Waals surface area contributed by atoms with E-state index in [4.69, 9.17) is 4.74 Å². The Morgan fingerprint density at radius 2 is 2.17 bits per heavy atom. The molecule has 1 N–H and O–H groups in total. The number of ether oxygens (including phenoxy) is 1. The van der Waals surface area contributed by atoms with Gasteiger partial charge in [0.2, 0.25) is 0 Å². The molecule has 5 atom stereocenters. The number of hydrogen-bond acceptors (Lipinski definition) is 2. The van der Waals surface area contributed by atoms with Crippen molar-refractivity contribution in [3.8, 4) is 0 Å². The Morgan fingerprint density at radius 1 is 1.43 bits per heavy atom. The first-order valence-corrected chi connectivity index (χ1v) is 8.98. The quantitative estimate of drug-likeness (QED) is 0.774. The summed E-state index contributed by atoms with van der Waals surface area (Å²) in [7, 11) is 0. The summed E-state index contributed by atoms with van der Waals surface area (Å²) in [5, 5.41) is 9.87. The normalized spacial score (nSPS) is 43.9. The molecule has 3 heteroatoms.